The quantitative estimate of drug-likeness (QED) is 0.357. The number of carbonyl (C=O) groups excluding carboxylic acids is 2. The lowest BCUT2D eigenvalue weighted by Crippen LogP contribution is -2.51. The Hall–Kier alpha value is -3.21. The molecule has 1 atom stereocenters. The Bertz CT molecular complexity index is 1350. The van der Waals surface area contributed by atoms with Gasteiger partial charge < -0.3 is 10.1 Å². The first-order valence-electron chi connectivity index (χ1n) is 12.5. The van der Waals surface area contributed by atoms with Gasteiger partial charge in [0.2, 0.25) is 10.0 Å². The molecule has 4 rings (SSSR count). The van der Waals surface area contributed by atoms with Crippen LogP contribution < -0.4 is 14.8 Å². The second kappa shape index (κ2) is 10.3. The van der Waals surface area contributed by atoms with E-state index in [0.29, 0.717) is 30.9 Å². The number of benzene rings is 1. The van der Waals surface area contributed by atoms with E-state index in [9.17, 15) is 18.0 Å². The SMILES string of the molecule is CCCCOc1ccc([C@]2(C)CC(c3ccn(C(C)C)n3)=C(C(=O)NS(=O)(=O)C3CC3)C(=O)N2)c(F)c1. The lowest BCUT2D eigenvalue weighted by Gasteiger charge is -2.37. The van der Waals surface area contributed by atoms with E-state index in [-0.39, 0.29) is 29.2 Å². The van der Waals surface area contributed by atoms with E-state index in [1.807, 2.05) is 25.5 Å². The zero-order valence-electron chi connectivity index (χ0n) is 21.5. The summed E-state index contributed by atoms with van der Waals surface area (Å²) in [6.07, 6.45) is 4.47. The molecule has 37 heavy (non-hydrogen) atoms. The molecule has 0 saturated heterocycles. The topological polar surface area (TPSA) is 119 Å². The van der Waals surface area contributed by atoms with Gasteiger partial charge in [0.05, 0.1) is 23.1 Å². The Morgan fingerprint density at radius 1 is 1.32 bits per heavy atom. The Morgan fingerprint density at radius 3 is 2.65 bits per heavy atom. The van der Waals surface area contributed by atoms with Gasteiger partial charge in [-0.05, 0) is 52.2 Å². The minimum absolute atomic E-state index is 0.0170. The number of hydrogen-bond donors (Lipinski definition) is 2. The molecule has 1 aromatic heterocycles. The van der Waals surface area contributed by atoms with Gasteiger partial charge in [-0.3, -0.25) is 14.3 Å². The van der Waals surface area contributed by atoms with Crippen molar-refractivity contribution in [2.75, 3.05) is 6.61 Å². The highest BCUT2D eigenvalue weighted by molar-refractivity contribution is 7.91. The number of aromatic nitrogens is 2. The number of unbranched alkanes of at least 4 members (excludes halogenated alkanes) is 1. The van der Waals surface area contributed by atoms with Crippen LogP contribution in [0.2, 0.25) is 0 Å². The Morgan fingerprint density at radius 2 is 2.05 bits per heavy atom. The lowest BCUT2D eigenvalue weighted by molar-refractivity contribution is -0.124. The fourth-order valence-corrected chi connectivity index (χ4v) is 5.64. The summed E-state index contributed by atoms with van der Waals surface area (Å²) in [4.78, 5) is 26.5. The highest BCUT2D eigenvalue weighted by Crippen LogP contribution is 2.40. The first-order valence-corrected chi connectivity index (χ1v) is 14.1. The minimum Gasteiger partial charge on any atom is -0.493 e. The van der Waals surface area contributed by atoms with Gasteiger partial charge in [0.15, 0.2) is 0 Å². The summed E-state index contributed by atoms with van der Waals surface area (Å²) in [5, 5.41) is 6.63. The van der Waals surface area contributed by atoms with Gasteiger partial charge in [0.25, 0.3) is 11.8 Å². The van der Waals surface area contributed by atoms with Gasteiger partial charge in [-0.25, -0.2) is 17.5 Å². The predicted molar refractivity (Wildman–Crippen MR) is 137 cm³/mol. The molecule has 1 aliphatic carbocycles. The molecule has 11 heteroatoms. The lowest BCUT2D eigenvalue weighted by atomic mass is 9.79. The fourth-order valence-electron chi connectivity index (χ4n) is 4.35. The van der Waals surface area contributed by atoms with Gasteiger partial charge in [0.1, 0.15) is 17.1 Å². The van der Waals surface area contributed by atoms with Gasteiger partial charge >= 0.3 is 0 Å². The van der Waals surface area contributed by atoms with E-state index in [4.69, 9.17) is 4.74 Å². The van der Waals surface area contributed by atoms with Crippen LogP contribution >= 0.6 is 0 Å². The molecular weight excluding hydrogens is 499 g/mol. The van der Waals surface area contributed by atoms with Crippen molar-refractivity contribution in [1.82, 2.24) is 19.8 Å². The number of sulfonamides is 1. The summed E-state index contributed by atoms with van der Waals surface area (Å²) in [6, 6.07) is 6.17. The maximum atomic E-state index is 15.3. The van der Waals surface area contributed by atoms with Crippen molar-refractivity contribution < 1.29 is 27.1 Å². The number of halogens is 1. The smallest absolute Gasteiger partial charge is 0.270 e. The first-order chi connectivity index (χ1) is 17.4. The number of hydrogen-bond acceptors (Lipinski definition) is 6. The summed E-state index contributed by atoms with van der Waals surface area (Å²) in [7, 11) is -3.89. The summed E-state index contributed by atoms with van der Waals surface area (Å²) < 4.78 is 49.5. The van der Waals surface area contributed by atoms with Crippen molar-refractivity contribution in [1.29, 1.82) is 0 Å². The molecule has 200 valence electrons. The number of ether oxygens (including phenoxy) is 1. The molecule has 0 unspecified atom stereocenters. The van der Waals surface area contributed by atoms with Crippen LogP contribution in [0.1, 0.15) is 77.1 Å². The van der Waals surface area contributed by atoms with Gasteiger partial charge in [-0.1, -0.05) is 19.4 Å². The third-order valence-electron chi connectivity index (χ3n) is 6.62. The van der Waals surface area contributed by atoms with Crippen molar-refractivity contribution in [2.45, 2.75) is 76.6 Å². The van der Waals surface area contributed by atoms with E-state index in [1.165, 1.54) is 6.07 Å². The highest BCUT2D eigenvalue weighted by atomic mass is 32.2. The van der Waals surface area contributed by atoms with Crippen LogP contribution in [-0.4, -0.2) is 41.9 Å². The molecule has 9 nitrogen and oxygen atoms in total. The number of amides is 2. The number of carbonyl (C=O) groups is 2. The van der Waals surface area contributed by atoms with Crippen LogP contribution in [0.3, 0.4) is 0 Å². The van der Waals surface area contributed by atoms with Gasteiger partial charge in [-0.2, -0.15) is 5.10 Å². The van der Waals surface area contributed by atoms with Crippen molar-refractivity contribution >= 4 is 27.4 Å². The van der Waals surface area contributed by atoms with Crippen LogP contribution in [0.4, 0.5) is 4.39 Å². The first kappa shape index (κ1) is 26.8. The zero-order chi connectivity index (χ0) is 27.0. The second-order valence-electron chi connectivity index (χ2n) is 10.1. The third-order valence-corrected chi connectivity index (χ3v) is 8.44. The summed E-state index contributed by atoms with van der Waals surface area (Å²) in [6.45, 7) is 8.02. The van der Waals surface area contributed by atoms with Gasteiger partial charge in [0, 0.05) is 35.9 Å². The molecule has 2 aliphatic rings. The number of nitrogens with one attached hydrogen (secondary N) is 2. The fraction of sp³-hybridized carbons (Fsp3) is 0.500. The van der Waals surface area contributed by atoms with Crippen molar-refractivity contribution in [3.05, 3.63) is 53.1 Å². The van der Waals surface area contributed by atoms with Crippen molar-refractivity contribution in [3.63, 3.8) is 0 Å². The maximum absolute atomic E-state index is 15.3. The average molecular weight is 533 g/mol. The molecule has 1 aliphatic heterocycles. The second-order valence-corrected chi connectivity index (χ2v) is 12.1. The maximum Gasteiger partial charge on any atom is 0.270 e. The van der Waals surface area contributed by atoms with Crippen LogP contribution in [0.15, 0.2) is 36.0 Å². The van der Waals surface area contributed by atoms with Crippen LogP contribution in [0.5, 0.6) is 5.75 Å². The van der Waals surface area contributed by atoms with E-state index in [1.54, 1.807) is 36.0 Å². The summed E-state index contributed by atoms with van der Waals surface area (Å²) >= 11 is 0. The van der Waals surface area contributed by atoms with Crippen molar-refractivity contribution in [3.8, 4) is 5.75 Å². The minimum atomic E-state index is -3.89. The van der Waals surface area contributed by atoms with Crippen LogP contribution in [0, 0.1) is 5.82 Å². The molecule has 1 aromatic carbocycles. The molecule has 2 heterocycles. The average Bonchev–Trinajstić information content (AvgIpc) is 3.56. The zero-order valence-corrected chi connectivity index (χ0v) is 22.3. The summed E-state index contributed by atoms with van der Waals surface area (Å²) in [5.41, 5.74) is -0.746. The van der Waals surface area contributed by atoms with E-state index < -0.39 is 38.4 Å². The molecule has 2 N–H and O–H groups in total. The van der Waals surface area contributed by atoms with Crippen LogP contribution in [0.25, 0.3) is 5.57 Å². The van der Waals surface area contributed by atoms with Crippen LogP contribution in [-0.2, 0) is 25.2 Å². The Kier molecular flexibility index (Phi) is 7.45. The molecular formula is C26H33FN4O5S. The standard InChI is InChI=1S/C26H33FN4O5S/c1-5-6-13-36-17-7-10-20(21(27)14-17)26(4)15-19(22-11-12-31(29-22)16(2)3)23(24(32)28-26)25(33)30-37(34,35)18-8-9-18/h7,10-12,14,16,18H,5-6,8-9,13,15H2,1-4H3,(H,28,32)(H,30,33)/t26-/m0/s1. The summed E-state index contributed by atoms with van der Waals surface area (Å²) in [5.74, 6) is -1.99. The highest BCUT2D eigenvalue weighted by Gasteiger charge is 2.44. The monoisotopic (exact) mass is 532 g/mol. The van der Waals surface area contributed by atoms with Gasteiger partial charge in [-0.15, -0.1) is 0 Å². The number of nitrogens with zero attached hydrogens (tertiary/aromatic N) is 2. The third kappa shape index (κ3) is 5.71. The van der Waals surface area contributed by atoms with E-state index >= 15 is 4.39 Å². The van der Waals surface area contributed by atoms with E-state index in [2.05, 4.69) is 10.4 Å². The molecule has 2 amide bonds. The molecule has 1 saturated carbocycles. The van der Waals surface area contributed by atoms with Crippen molar-refractivity contribution in [2.24, 2.45) is 0 Å². The number of rotatable bonds is 10. The Labute approximate surface area is 216 Å². The largest absolute Gasteiger partial charge is 0.493 e. The molecule has 0 radical (unpaired) electrons. The molecule has 1 fully saturated rings. The van der Waals surface area contributed by atoms with E-state index in [0.717, 1.165) is 12.8 Å². The molecule has 2 aromatic rings. The Balaban J connectivity index is 1.73. The molecule has 0 spiro atoms. The predicted octanol–water partition coefficient (Wildman–Crippen LogP) is 3.58. The molecule has 0 bridgehead atoms. The normalized spacial score (nSPS) is 20.2.